The maximum absolute atomic E-state index is 13.2. The standard InChI is InChI=1S/C25H34N4O3/c1-17-5-3-6-21(18(17)2)26-24(30)29-12-4-11-25(16-29,15-19-7-8-19)23-27-22(32-28-23)20-9-13-31-14-10-20/h3,5-6,19-20H,4,7-16H2,1-2H3,(H,26,30). The number of aryl methyl sites for hydroxylation is 1. The van der Waals surface area contributed by atoms with Crippen LogP contribution in [-0.4, -0.2) is 47.4 Å². The average Bonchev–Trinajstić information content (AvgIpc) is 3.47. The summed E-state index contributed by atoms with van der Waals surface area (Å²) in [6.07, 6.45) is 7.38. The van der Waals surface area contributed by atoms with Crippen LogP contribution in [0.2, 0.25) is 0 Å². The summed E-state index contributed by atoms with van der Waals surface area (Å²) in [6.45, 7) is 7.03. The lowest BCUT2D eigenvalue weighted by Gasteiger charge is -2.41. The van der Waals surface area contributed by atoms with E-state index < -0.39 is 0 Å². The van der Waals surface area contributed by atoms with E-state index in [1.807, 2.05) is 17.0 Å². The number of anilines is 1. The number of rotatable bonds is 5. The van der Waals surface area contributed by atoms with Gasteiger partial charge < -0.3 is 19.5 Å². The van der Waals surface area contributed by atoms with Crippen molar-refractivity contribution < 1.29 is 14.1 Å². The van der Waals surface area contributed by atoms with Crippen LogP contribution in [0.25, 0.3) is 0 Å². The van der Waals surface area contributed by atoms with Gasteiger partial charge in [0.2, 0.25) is 5.89 Å². The van der Waals surface area contributed by atoms with Crippen LogP contribution in [0, 0.1) is 19.8 Å². The molecule has 0 bridgehead atoms. The van der Waals surface area contributed by atoms with Gasteiger partial charge in [-0.3, -0.25) is 0 Å². The molecule has 1 saturated carbocycles. The van der Waals surface area contributed by atoms with Crippen molar-refractivity contribution >= 4 is 11.7 Å². The molecule has 3 fully saturated rings. The van der Waals surface area contributed by atoms with Crippen LogP contribution in [0.1, 0.15) is 73.7 Å². The third kappa shape index (κ3) is 4.40. The fourth-order valence-electron chi connectivity index (χ4n) is 5.26. The van der Waals surface area contributed by atoms with Crippen LogP contribution in [-0.2, 0) is 10.2 Å². The number of piperidine rings is 1. The minimum absolute atomic E-state index is 0.0354. The highest BCUT2D eigenvalue weighted by atomic mass is 16.5. The van der Waals surface area contributed by atoms with E-state index in [9.17, 15) is 4.79 Å². The highest BCUT2D eigenvalue weighted by molar-refractivity contribution is 5.90. The van der Waals surface area contributed by atoms with Crippen LogP contribution < -0.4 is 5.32 Å². The first-order valence-electron chi connectivity index (χ1n) is 12.1. The minimum atomic E-state index is -0.217. The fraction of sp³-hybridized carbons (Fsp3) is 0.640. The third-order valence-electron chi connectivity index (χ3n) is 7.57. The van der Waals surface area contributed by atoms with E-state index in [0.717, 1.165) is 74.8 Å². The van der Waals surface area contributed by atoms with E-state index in [-0.39, 0.29) is 17.4 Å². The summed E-state index contributed by atoms with van der Waals surface area (Å²) < 4.78 is 11.3. The lowest BCUT2D eigenvalue weighted by Crippen LogP contribution is -2.50. The Bertz CT molecular complexity index is 964. The minimum Gasteiger partial charge on any atom is -0.381 e. The number of aromatic nitrogens is 2. The van der Waals surface area contributed by atoms with Gasteiger partial charge in [-0.05, 0) is 69.1 Å². The van der Waals surface area contributed by atoms with Crippen LogP contribution in [0.4, 0.5) is 10.5 Å². The van der Waals surface area contributed by atoms with Crippen molar-refractivity contribution in [3.8, 4) is 0 Å². The van der Waals surface area contributed by atoms with Gasteiger partial charge in [-0.25, -0.2) is 4.79 Å². The van der Waals surface area contributed by atoms with Gasteiger partial charge in [0, 0.05) is 37.9 Å². The number of hydrogen-bond donors (Lipinski definition) is 1. The van der Waals surface area contributed by atoms with Crippen LogP contribution >= 0.6 is 0 Å². The fourth-order valence-corrected chi connectivity index (χ4v) is 5.26. The zero-order valence-corrected chi connectivity index (χ0v) is 19.2. The van der Waals surface area contributed by atoms with E-state index in [0.29, 0.717) is 12.5 Å². The van der Waals surface area contributed by atoms with E-state index >= 15 is 0 Å². The number of benzene rings is 1. The van der Waals surface area contributed by atoms with Gasteiger partial charge in [-0.2, -0.15) is 4.98 Å². The van der Waals surface area contributed by atoms with E-state index in [1.165, 1.54) is 18.4 Å². The molecule has 2 aromatic rings. The van der Waals surface area contributed by atoms with Crippen LogP contribution in [0.3, 0.4) is 0 Å². The molecular weight excluding hydrogens is 404 g/mol. The van der Waals surface area contributed by atoms with Gasteiger partial charge in [0.25, 0.3) is 0 Å². The predicted octanol–water partition coefficient (Wildman–Crippen LogP) is 4.95. The van der Waals surface area contributed by atoms with Gasteiger partial charge in [0.05, 0.1) is 5.41 Å². The first kappa shape index (κ1) is 21.4. The van der Waals surface area contributed by atoms with Gasteiger partial charge in [0.1, 0.15) is 0 Å². The first-order valence-corrected chi connectivity index (χ1v) is 12.1. The normalized spacial score (nSPS) is 24.5. The van der Waals surface area contributed by atoms with E-state index in [1.54, 1.807) is 0 Å². The lowest BCUT2D eigenvalue weighted by molar-refractivity contribution is 0.0778. The highest BCUT2D eigenvalue weighted by Gasteiger charge is 2.46. The Hall–Kier alpha value is -2.41. The molecule has 172 valence electrons. The molecule has 3 aliphatic rings. The lowest BCUT2D eigenvalue weighted by atomic mass is 9.75. The van der Waals surface area contributed by atoms with Crippen LogP contribution in [0.15, 0.2) is 22.7 Å². The summed E-state index contributed by atoms with van der Waals surface area (Å²) in [5.74, 6) is 2.54. The molecule has 1 aromatic heterocycles. The summed E-state index contributed by atoms with van der Waals surface area (Å²) >= 11 is 0. The summed E-state index contributed by atoms with van der Waals surface area (Å²) in [5.41, 5.74) is 2.96. The van der Waals surface area contributed by atoms with Crippen molar-refractivity contribution in [2.75, 3.05) is 31.6 Å². The molecule has 0 spiro atoms. The molecule has 1 N–H and O–H groups in total. The third-order valence-corrected chi connectivity index (χ3v) is 7.57. The second-order valence-corrected chi connectivity index (χ2v) is 9.97. The number of hydrogen-bond acceptors (Lipinski definition) is 5. The largest absolute Gasteiger partial charge is 0.381 e. The van der Waals surface area contributed by atoms with Crippen LogP contribution in [0.5, 0.6) is 0 Å². The Morgan fingerprint density at radius 2 is 2.03 bits per heavy atom. The Morgan fingerprint density at radius 3 is 2.81 bits per heavy atom. The Morgan fingerprint density at radius 1 is 1.22 bits per heavy atom. The van der Waals surface area contributed by atoms with Crippen molar-refractivity contribution in [3.05, 3.63) is 41.0 Å². The number of amides is 2. The monoisotopic (exact) mass is 438 g/mol. The first-order chi connectivity index (χ1) is 15.5. The van der Waals surface area contributed by atoms with E-state index in [4.69, 9.17) is 14.2 Å². The van der Waals surface area contributed by atoms with Crippen molar-refractivity contribution in [1.82, 2.24) is 15.0 Å². The number of likely N-dealkylation sites (tertiary alicyclic amines) is 1. The molecule has 2 aliphatic heterocycles. The number of carbonyl (C=O) groups excluding carboxylic acids is 1. The van der Waals surface area contributed by atoms with Crippen molar-refractivity contribution in [3.63, 3.8) is 0 Å². The molecule has 1 unspecified atom stereocenters. The molecule has 7 heteroatoms. The van der Waals surface area contributed by atoms with Crippen molar-refractivity contribution in [1.29, 1.82) is 0 Å². The Balaban J connectivity index is 1.36. The molecule has 1 atom stereocenters. The summed E-state index contributed by atoms with van der Waals surface area (Å²) in [6, 6.07) is 5.99. The average molecular weight is 439 g/mol. The highest BCUT2D eigenvalue weighted by Crippen LogP contribution is 2.46. The second-order valence-electron chi connectivity index (χ2n) is 9.97. The van der Waals surface area contributed by atoms with Gasteiger partial charge in [-0.15, -0.1) is 0 Å². The Labute approximate surface area is 189 Å². The number of ether oxygens (including phenoxy) is 1. The maximum Gasteiger partial charge on any atom is 0.321 e. The number of carbonyl (C=O) groups is 1. The topological polar surface area (TPSA) is 80.5 Å². The van der Waals surface area contributed by atoms with Gasteiger partial charge in [-0.1, -0.05) is 30.1 Å². The molecule has 5 rings (SSSR count). The Kier molecular flexibility index (Phi) is 5.93. The summed E-state index contributed by atoms with van der Waals surface area (Å²) in [7, 11) is 0. The molecule has 2 amide bonds. The molecule has 1 aromatic carbocycles. The molecule has 1 aliphatic carbocycles. The maximum atomic E-state index is 13.2. The van der Waals surface area contributed by atoms with Crippen molar-refractivity contribution in [2.24, 2.45) is 5.92 Å². The molecule has 0 radical (unpaired) electrons. The second kappa shape index (κ2) is 8.85. The predicted molar refractivity (Wildman–Crippen MR) is 122 cm³/mol. The number of urea groups is 1. The van der Waals surface area contributed by atoms with Crippen molar-refractivity contribution in [2.45, 2.75) is 70.1 Å². The summed E-state index contributed by atoms with van der Waals surface area (Å²) in [4.78, 5) is 20.1. The molecule has 7 nitrogen and oxygen atoms in total. The summed E-state index contributed by atoms with van der Waals surface area (Å²) in [5, 5.41) is 7.63. The smallest absolute Gasteiger partial charge is 0.321 e. The van der Waals surface area contributed by atoms with Gasteiger partial charge in [0.15, 0.2) is 5.82 Å². The SMILES string of the molecule is Cc1cccc(NC(=O)N2CCCC(CC3CC3)(c3noc(C4CCOCC4)n3)C2)c1C. The van der Waals surface area contributed by atoms with E-state index in [2.05, 4.69) is 30.4 Å². The number of nitrogens with zero attached hydrogens (tertiary/aromatic N) is 3. The zero-order valence-electron chi connectivity index (χ0n) is 19.2. The number of nitrogens with one attached hydrogen (secondary N) is 1. The molecule has 3 heterocycles. The quantitative estimate of drug-likeness (QED) is 0.715. The zero-order chi connectivity index (χ0) is 22.1. The van der Waals surface area contributed by atoms with Gasteiger partial charge >= 0.3 is 6.03 Å². The molecular formula is C25H34N4O3. The molecule has 2 saturated heterocycles. The molecule has 32 heavy (non-hydrogen) atoms.